The van der Waals surface area contributed by atoms with E-state index in [4.69, 9.17) is 20.1 Å². The molecule has 0 bridgehead atoms. The van der Waals surface area contributed by atoms with Crippen molar-refractivity contribution in [2.75, 3.05) is 6.61 Å². The van der Waals surface area contributed by atoms with Crippen LogP contribution in [-0.2, 0) is 25.7 Å². The molecule has 5 N–H and O–H groups in total. The average molecular weight is 368 g/mol. The Morgan fingerprint density at radius 3 is 2.04 bits per heavy atom. The van der Waals surface area contributed by atoms with Gasteiger partial charge in [-0.3, -0.25) is 4.79 Å². The van der Waals surface area contributed by atoms with E-state index < -0.39 is 42.4 Å². The number of carboxylic acid groups (broad SMARTS) is 3. The van der Waals surface area contributed by atoms with Gasteiger partial charge in [0, 0.05) is 6.42 Å². The number of carbonyl (C=O) groups is 4. The van der Waals surface area contributed by atoms with Crippen LogP contribution in [0.15, 0.2) is 30.3 Å². The van der Waals surface area contributed by atoms with Gasteiger partial charge in [0.1, 0.15) is 6.04 Å². The van der Waals surface area contributed by atoms with Crippen molar-refractivity contribution in [3.05, 3.63) is 35.9 Å². The highest BCUT2D eigenvalue weighted by Crippen LogP contribution is 2.02. The van der Waals surface area contributed by atoms with Crippen molar-refractivity contribution < 1.29 is 39.2 Å². The summed E-state index contributed by atoms with van der Waals surface area (Å²) >= 11 is 0. The Morgan fingerprint density at radius 1 is 0.923 bits per heavy atom. The number of hydrogen-bond acceptors (Lipinski definition) is 5. The lowest BCUT2D eigenvalue weighted by Gasteiger charge is -2.18. The first-order valence-corrected chi connectivity index (χ1v) is 7.65. The minimum absolute atomic E-state index is 0.143. The van der Waals surface area contributed by atoms with Gasteiger partial charge in [-0.2, -0.15) is 0 Å². The highest BCUT2D eigenvalue weighted by molar-refractivity contribution is 5.86. The van der Waals surface area contributed by atoms with Gasteiger partial charge >= 0.3 is 23.9 Å². The molecule has 0 radical (unpaired) electrons. The van der Waals surface area contributed by atoms with Crippen molar-refractivity contribution in [3.63, 3.8) is 0 Å². The van der Waals surface area contributed by atoms with E-state index in [-0.39, 0.29) is 19.6 Å². The van der Waals surface area contributed by atoms with Crippen molar-refractivity contribution in [3.8, 4) is 0 Å². The molecule has 10 nitrogen and oxygen atoms in total. The van der Waals surface area contributed by atoms with E-state index in [0.717, 1.165) is 5.56 Å². The normalized spacial score (nSPS) is 12.6. The van der Waals surface area contributed by atoms with Crippen molar-refractivity contribution in [2.24, 2.45) is 0 Å². The van der Waals surface area contributed by atoms with Gasteiger partial charge in [0.15, 0.2) is 6.04 Å². The molecule has 1 aromatic rings. The zero-order chi connectivity index (χ0) is 19.5. The SMILES string of the molecule is O=C(O)CCC(NC(=O)N[C@@H](COCc1ccccc1)C(=O)O)C(=O)O. The molecule has 2 atom stereocenters. The smallest absolute Gasteiger partial charge is 0.328 e. The maximum Gasteiger partial charge on any atom is 0.328 e. The Hall–Kier alpha value is -3.14. The minimum Gasteiger partial charge on any atom is -0.481 e. The number of rotatable bonds is 11. The van der Waals surface area contributed by atoms with E-state index in [1.165, 1.54) is 0 Å². The van der Waals surface area contributed by atoms with Crippen LogP contribution in [0, 0.1) is 0 Å². The Bertz CT molecular complexity index is 634. The predicted octanol–water partition coefficient (Wildman–Crippen LogP) is 0.274. The second-order valence-electron chi connectivity index (χ2n) is 5.33. The monoisotopic (exact) mass is 368 g/mol. The van der Waals surface area contributed by atoms with Gasteiger partial charge < -0.3 is 30.7 Å². The van der Waals surface area contributed by atoms with Crippen LogP contribution in [-0.4, -0.2) is 57.9 Å². The number of benzene rings is 1. The molecule has 1 unspecified atom stereocenters. The van der Waals surface area contributed by atoms with Gasteiger partial charge in [0.05, 0.1) is 13.2 Å². The summed E-state index contributed by atoms with van der Waals surface area (Å²) in [7, 11) is 0. The molecule has 0 spiro atoms. The summed E-state index contributed by atoms with van der Waals surface area (Å²) < 4.78 is 5.26. The number of carboxylic acids is 3. The lowest BCUT2D eigenvalue weighted by molar-refractivity contribution is -0.141. The molecule has 0 aromatic heterocycles. The minimum atomic E-state index is -1.45. The van der Waals surface area contributed by atoms with Gasteiger partial charge in [0.25, 0.3) is 0 Å². The average Bonchev–Trinajstić information content (AvgIpc) is 2.58. The van der Waals surface area contributed by atoms with Crippen molar-refractivity contribution in [2.45, 2.75) is 31.5 Å². The van der Waals surface area contributed by atoms with Crippen LogP contribution in [0.2, 0.25) is 0 Å². The number of ether oxygens (including phenoxy) is 1. The number of amides is 2. The topological polar surface area (TPSA) is 162 Å². The molecule has 1 rings (SSSR count). The Labute approximate surface area is 148 Å². The summed E-state index contributed by atoms with van der Waals surface area (Å²) in [5.74, 6) is -3.99. The third-order valence-corrected chi connectivity index (χ3v) is 3.25. The second kappa shape index (κ2) is 10.7. The molecule has 0 fully saturated rings. The lowest BCUT2D eigenvalue weighted by atomic mass is 10.1. The first-order chi connectivity index (χ1) is 12.3. The van der Waals surface area contributed by atoms with Gasteiger partial charge in [-0.1, -0.05) is 30.3 Å². The summed E-state index contributed by atoms with van der Waals surface area (Å²) in [4.78, 5) is 44.5. The summed E-state index contributed by atoms with van der Waals surface area (Å²) in [6.45, 7) is -0.186. The lowest BCUT2D eigenvalue weighted by Crippen LogP contribution is -2.52. The molecule has 142 valence electrons. The molecule has 2 amide bonds. The second-order valence-corrected chi connectivity index (χ2v) is 5.33. The fourth-order valence-corrected chi connectivity index (χ4v) is 1.93. The number of aliphatic carboxylic acids is 3. The largest absolute Gasteiger partial charge is 0.481 e. The summed E-state index contributed by atoms with van der Waals surface area (Å²) in [6, 6.07) is 5.09. The molecule has 0 saturated carbocycles. The molecule has 26 heavy (non-hydrogen) atoms. The zero-order valence-corrected chi connectivity index (χ0v) is 13.8. The molecule has 0 aliphatic carbocycles. The van der Waals surface area contributed by atoms with E-state index >= 15 is 0 Å². The molecule has 0 saturated heterocycles. The Morgan fingerprint density at radius 2 is 1.50 bits per heavy atom. The number of hydrogen-bond donors (Lipinski definition) is 5. The predicted molar refractivity (Wildman–Crippen MR) is 87.5 cm³/mol. The fourth-order valence-electron chi connectivity index (χ4n) is 1.93. The molecular weight excluding hydrogens is 348 g/mol. The molecule has 0 heterocycles. The van der Waals surface area contributed by atoms with Gasteiger partial charge in [-0.05, 0) is 12.0 Å². The van der Waals surface area contributed by atoms with Crippen molar-refractivity contribution in [1.29, 1.82) is 0 Å². The summed E-state index contributed by atoms with van der Waals surface area (Å²) in [5, 5.41) is 30.8. The van der Waals surface area contributed by atoms with Crippen LogP contribution in [0.4, 0.5) is 4.79 Å². The molecule has 10 heteroatoms. The van der Waals surface area contributed by atoms with Crippen LogP contribution in [0.1, 0.15) is 18.4 Å². The standard InChI is InChI=1S/C16H20N2O8/c19-13(20)7-6-11(14(21)22)17-16(25)18-12(15(23)24)9-26-8-10-4-2-1-3-5-10/h1-5,11-12H,6-9H2,(H,19,20)(H,21,22)(H,23,24)(H2,17,18,25)/t11?,12-/m0/s1. The van der Waals surface area contributed by atoms with Crippen LogP contribution in [0.3, 0.4) is 0 Å². The highest BCUT2D eigenvalue weighted by atomic mass is 16.5. The van der Waals surface area contributed by atoms with E-state index in [1.54, 1.807) is 24.3 Å². The van der Waals surface area contributed by atoms with Crippen molar-refractivity contribution in [1.82, 2.24) is 10.6 Å². The summed E-state index contributed by atoms with van der Waals surface area (Å²) in [6.07, 6.45) is -0.792. The molecule has 0 aliphatic rings. The third kappa shape index (κ3) is 8.11. The molecular formula is C16H20N2O8. The molecule has 0 aliphatic heterocycles. The van der Waals surface area contributed by atoms with E-state index in [1.807, 2.05) is 11.4 Å². The van der Waals surface area contributed by atoms with Crippen LogP contribution in [0.5, 0.6) is 0 Å². The number of nitrogens with one attached hydrogen (secondary N) is 2. The maximum absolute atomic E-state index is 11.8. The Balaban J connectivity index is 2.51. The maximum atomic E-state index is 11.8. The van der Waals surface area contributed by atoms with E-state index in [9.17, 15) is 19.2 Å². The first-order valence-electron chi connectivity index (χ1n) is 7.65. The van der Waals surface area contributed by atoms with Gasteiger partial charge in [-0.25, -0.2) is 14.4 Å². The van der Waals surface area contributed by atoms with Crippen molar-refractivity contribution >= 4 is 23.9 Å². The van der Waals surface area contributed by atoms with Crippen LogP contribution in [0.25, 0.3) is 0 Å². The first kappa shape index (κ1) is 20.9. The van der Waals surface area contributed by atoms with E-state index in [0.29, 0.717) is 0 Å². The zero-order valence-electron chi connectivity index (χ0n) is 13.8. The van der Waals surface area contributed by atoms with Crippen LogP contribution < -0.4 is 10.6 Å². The fraction of sp³-hybridized carbons (Fsp3) is 0.375. The number of carbonyl (C=O) groups excluding carboxylic acids is 1. The quantitative estimate of drug-likeness (QED) is 0.372. The van der Waals surface area contributed by atoms with Crippen LogP contribution >= 0.6 is 0 Å². The number of urea groups is 1. The van der Waals surface area contributed by atoms with E-state index in [2.05, 4.69) is 5.32 Å². The summed E-state index contributed by atoms with van der Waals surface area (Å²) in [5.41, 5.74) is 0.820. The third-order valence-electron chi connectivity index (χ3n) is 3.25. The molecule has 1 aromatic carbocycles. The van der Waals surface area contributed by atoms with Gasteiger partial charge in [0.2, 0.25) is 0 Å². The highest BCUT2D eigenvalue weighted by Gasteiger charge is 2.25. The van der Waals surface area contributed by atoms with Gasteiger partial charge in [-0.15, -0.1) is 0 Å². The Kier molecular flexibility index (Phi) is 8.58.